The number of hydrogen-bond donors (Lipinski definition) is 1. The summed E-state index contributed by atoms with van der Waals surface area (Å²) in [5.41, 5.74) is 3.45. The van der Waals surface area contributed by atoms with Crippen molar-refractivity contribution >= 4 is 11.6 Å². The van der Waals surface area contributed by atoms with E-state index in [4.69, 9.17) is 16.9 Å². The van der Waals surface area contributed by atoms with Crippen LogP contribution in [-0.4, -0.2) is 12.0 Å². The number of aromatic nitrogens is 1. The fourth-order valence-corrected chi connectivity index (χ4v) is 2.22. The predicted octanol–water partition coefficient (Wildman–Crippen LogP) is 3.55. The quantitative estimate of drug-likeness (QED) is 0.929. The number of hydrogen-bond acceptors (Lipinski definition) is 3. The van der Waals surface area contributed by atoms with E-state index in [9.17, 15) is 0 Å². The molecule has 1 N–H and O–H groups in total. The van der Waals surface area contributed by atoms with Crippen molar-refractivity contribution in [3.05, 3.63) is 52.8 Å². The van der Waals surface area contributed by atoms with Gasteiger partial charge in [-0.3, -0.25) is 4.98 Å². The SMILES string of the molecule is CNC(C)c1ccc(-c2cncc(C#N)c2)cc1Cl. The summed E-state index contributed by atoms with van der Waals surface area (Å²) < 4.78 is 0. The van der Waals surface area contributed by atoms with Crippen LogP contribution in [0.25, 0.3) is 11.1 Å². The van der Waals surface area contributed by atoms with Gasteiger partial charge in [0.1, 0.15) is 6.07 Å². The smallest absolute Gasteiger partial charge is 0.101 e. The normalized spacial score (nSPS) is 11.9. The molecule has 2 aromatic rings. The van der Waals surface area contributed by atoms with Crippen molar-refractivity contribution in [3.63, 3.8) is 0 Å². The lowest BCUT2D eigenvalue weighted by Gasteiger charge is -2.13. The number of benzene rings is 1. The van der Waals surface area contributed by atoms with Crippen molar-refractivity contribution in [2.45, 2.75) is 13.0 Å². The first kappa shape index (κ1) is 13.5. The zero-order chi connectivity index (χ0) is 13.8. The van der Waals surface area contributed by atoms with E-state index in [2.05, 4.69) is 23.3 Å². The zero-order valence-electron chi connectivity index (χ0n) is 10.8. The molecule has 19 heavy (non-hydrogen) atoms. The highest BCUT2D eigenvalue weighted by atomic mass is 35.5. The monoisotopic (exact) mass is 271 g/mol. The first-order valence-corrected chi connectivity index (χ1v) is 6.35. The second-order valence-electron chi connectivity index (χ2n) is 4.32. The molecule has 1 atom stereocenters. The molecule has 1 unspecified atom stereocenters. The number of nitrogens with zero attached hydrogens (tertiary/aromatic N) is 2. The van der Waals surface area contributed by atoms with Crippen LogP contribution in [0.5, 0.6) is 0 Å². The Kier molecular flexibility index (Phi) is 4.16. The summed E-state index contributed by atoms with van der Waals surface area (Å²) in [6.07, 6.45) is 3.27. The van der Waals surface area contributed by atoms with Crippen LogP contribution in [0.15, 0.2) is 36.7 Å². The summed E-state index contributed by atoms with van der Waals surface area (Å²) in [7, 11) is 1.90. The van der Waals surface area contributed by atoms with Crippen LogP contribution in [0, 0.1) is 11.3 Å². The lowest BCUT2D eigenvalue weighted by atomic mass is 10.0. The fraction of sp³-hybridized carbons (Fsp3) is 0.200. The van der Waals surface area contributed by atoms with E-state index in [1.165, 1.54) is 0 Å². The highest BCUT2D eigenvalue weighted by Crippen LogP contribution is 2.28. The van der Waals surface area contributed by atoms with Crippen molar-refractivity contribution in [3.8, 4) is 17.2 Å². The molecule has 2 rings (SSSR count). The number of nitrogens with one attached hydrogen (secondary N) is 1. The minimum absolute atomic E-state index is 0.199. The second-order valence-corrected chi connectivity index (χ2v) is 4.73. The Morgan fingerprint density at radius 3 is 2.68 bits per heavy atom. The molecule has 0 bridgehead atoms. The van der Waals surface area contributed by atoms with E-state index >= 15 is 0 Å². The van der Waals surface area contributed by atoms with Gasteiger partial charge in [-0.15, -0.1) is 0 Å². The average Bonchev–Trinajstić information content (AvgIpc) is 2.46. The van der Waals surface area contributed by atoms with Gasteiger partial charge in [-0.1, -0.05) is 23.7 Å². The van der Waals surface area contributed by atoms with Gasteiger partial charge in [0, 0.05) is 29.0 Å². The number of rotatable bonds is 3. The summed E-state index contributed by atoms with van der Waals surface area (Å²) in [5.74, 6) is 0. The van der Waals surface area contributed by atoms with Gasteiger partial charge in [0.15, 0.2) is 0 Å². The van der Waals surface area contributed by atoms with Crippen LogP contribution in [-0.2, 0) is 0 Å². The molecule has 0 fully saturated rings. The molecule has 3 nitrogen and oxygen atoms in total. The van der Waals surface area contributed by atoms with E-state index in [-0.39, 0.29) is 6.04 Å². The lowest BCUT2D eigenvalue weighted by Crippen LogP contribution is -2.12. The lowest BCUT2D eigenvalue weighted by molar-refractivity contribution is 0.652. The molecule has 0 radical (unpaired) electrons. The molecule has 96 valence electrons. The van der Waals surface area contributed by atoms with Gasteiger partial charge in [0.25, 0.3) is 0 Å². The third kappa shape index (κ3) is 2.93. The van der Waals surface area contributed by atoms with Gasteiger partial charge in [-0.25, -0.2) is 0 Å². The molecular weight excluding hydrogens is 258 g/mol. The molecule has 0 amide bonds. The maximum absolute atomic E-state index is 8.89. The van der Waals surface area contributed by atoms with Gasteiger partial charge in [0.2, 0.25) is 0 Å². The first-order chi connectivity index (χ1) is 9.15. The minimum atomic E-state index is 0.199. The van der Waals surface area contributed by atoms with Crippen molar-refractivity contribution in [1.82, 2.24) is 10.3 Å². The van der Waals surface area contributed by atoms with E-state index in [0.29, 0.717) is 10.6 Å². The van der Waals surface area contributed by atoms with E-state index < -0.39 is 0 Å². The Morgan fingerprint density at radius 2 is 2.05 bits per heavy atom. The molecule has 0 saturated carbocycles. The third-order valence-corrected chi connectivity index (χ3v) is 3.43. The molecule has 0 spiro atoms. The maximum Gasteiger partial charge on any atom is 0.101 e. The Balaban J connectivity index is 2.42. The molecule has 1 aromatic carbocycles. The minimum Gasteiger partial charge on any atom is -0.313 e. The van der Waals surface area contributed by atoms with Crippen LogP contribution in [0.4, 0.5) is 0 Å². The molecule has 1 heterocycles. The van der Waals surface area contributed by atoms with Crippen LogP contribution < -0.4 is 5.32 Å². The first-order valence-electron chi connectivity index (χ1n) is 5.98. The fourth-order valence-electron chi connectivity index (χ4n) is 1.87. The average molecular weight is 272 g/mol. The van der Waals surface area contributed by atoms with Gasteiger partial charge >= 0.3 is 0 Å². The largest absolute Gasteiger partial charge is 0.313 e. The van der Waals surface area contributed by atoms with Crippen molar-refractivity contribution in [2.24, 2.45) is 0 Å². The van der Waals surface area contributed by atoms with E-state index in [1.807, 2.05) is 25.2 Å². The van der Waals surface area contributed by atoms with Gasteiger partial charge in [-0.05, 0) is 37.2 Å². The summed E-state index contributed by atoms with van der Waals surface area (Å²) in [6, 6.07) is 9.99. The van der Waals surface area contributed by atoms with Crippen molar-refractivity contribution in [2.75, 3.05) is 7.05 Å². The Hall–Kier alpha value is -1.89. The summed E-state index contributed by atoms with van der Waals surface area (Å²) in [6.45, 7) is 2.05. The molecule has 4 heteroatoms. The highest BCUT2D eigenvalue weighted by molar-refractivity contribution is 6.31. The standard InChI is InChI=1S/C15H14ClN3/c1-10(18-2)14-4-3-12(6-15(14)16)13-5-11(7-17)8-19-9-13/h3-6,8-10,18H,1-2H3. The molecule has 0 aliphatic carbocycles. The molecule has 0 aliphatic rings. The Bertz CT molecular complexity index is 632. The molecule has 0 saturated heterocycles. The Labute approximate surface area is 117 Å². The molecule has 0 aliphatic heterocycles. The Morgan fingerprint density at radius 1 is 1.26 bits per heavy atom. The van der Waals surface area contributed by atoms with E-state index in [0.717, 1.165) is 16.7 Å². The number of nitriles is 1. The topological polar surface area (TPSA) is 48.7 Å². The predicted molar refractivity (Wildman–Crippen MR) is 76.9 cm³/mol. The van der Waals surface area contributed by atoms with Crippen LogP contribution in [0.2, 0.25) is 5.02 Å². The zero-order valence-corrected chi connectivity index (χ0v) is 11.6. The number of halogens is 1. The molecule has 1 aromatic heterocycles. The third-order valence-electron chi connectivity index (χ3n) is 3.10. The highest BCUT2D eigenvalue weighted by Gasteiger charge is 2.09. The van der Waals surface area contributed by atoms with Crippen molar-refractivity contribution in [1.29, 1.82) is 5.26 Å². The maximum atomic E-state index is 8.89. The van der Waals surface area contributed by atoms with Gasteiger partial charge in [-0.2, -0.15) is 5.26 Å². The van der Waals surface area contributed by atoms with Crippen LogP contribution in [0.3, 0.4) is 0 Å². The molecular formula is C15H14ClN3. The van der Waals surface area contributed by atoms with Crippen LogP contribution >= 0.6 is 11.6 Å². The van der Waals surface area contributed by atoms with Gasteiger partial charge in [0.05, 0.1) is 5.56 Å². The second kappa shape index (κ2) is 5.83. The van der Waals surface area contributed by atoms with Gasteiger partial charge < -0.3 is 5.32 Å². The number of pyridine rings is 1. The summed E-state index contributed by atoms with van der Waals surface area (Å²) in [4.78, 5) is 4.06. The van der Waals surface area contributed by atoms with Crippen molar-refractivity contribution < 1.29 is 0 Å². The van der Waals surface area contributed by atoms with E-state index in [1.54, 1.807) is 18.5 Å². The summed E-state index contributed by atoms with van der Waals surface area (Å²) >= 11 is 6.30. The van der Waals surface area contributed by atoms with Crippen LogP contribution in [0.1, 0.15) is 24.1 Å². The summed E-state index contributed by atoms with van der Waals surface area (Å²) in [5, 5.41) is 12.8.